The Morgan fingerprint density at radius 1 is 1.11 bits per heavy atom. The van der Waals surface area contributed by atoms with Crippen LogP contribution < -0.4 is 10.1 Å². The van der Waals surface area contributed by atoms with Gasteiger partial charge in [-0.1, -0.05) is 37.3 Å². The predicted octanol–water partition coefficient (Wildman–Crippen LogP) is 3.21. The lowest BCUT2D eigenvalue weighted by atomic mass is 10.2. The van der Waals surface area contributed by atoms with E-state index < -0.39 is 0 Å². The fourth-order valence-electron chi connectivity index (χ4n) is 2.63. The number of rotatable bonds is 8. The van der Waals surface area contributed by atoms with Crippen LogP contribution in [-0.2, 0) is 11.3 Å². The molecular weight excluding hydrogens is 344 g/mol. The second-order valence-electron chi connectivity index (χ2n) is 5.92. The van der Waals surface area contributed by atoms with Crippen LogP contribution in [0.5, 0.6) is 5.75 Å². The van der Waals surface area contributed by atoms with Crippen molar-refractivity contribution < 1.29 is 13.9 Å². The van der Waals surface area contributed by atoms with Gasteiger partial charge in [-0.05, 0) is 30.8 Å². The summed E-state index contributed by atoms with van der Waals surface area (Å²) in [7, 11) is 1.57. The largest absolute Gasteiger partial charge is 0.495 e. The van der Waals surface area contributed by atoms with E-state index in [1.807, 2.05) is 54.3 Å². The number of likely N-dealkylation sites (N-methyl/N-ethyl adjacent to an activating group) is 1. The summed E-state index contributed by atoms with van der Waals surface area (Å²) in [6.07, 6.45) is 0. The monoisotopic (exact) mass is 366 g/mol. The van der Waals surface area contributed by atoms with Crippen LogP contribution in [0.3, 0.4) is 0 Å². The van der Waals surface area contributed by atoms with Crippen molar-refractivity contribution in [3.63, 3.8) is 0 Å². The molecule has 0 aliphatic rings. The zero-order chi connectivity index (χ0) is 19.1. The molecule has 3 rings (SSSR count). The topological polar surface area (TPSA) is 80.5 Å². The van der Waals surface area contributed by atoms with Crippen LogP contribution in [-0.4, -0.2) is 41.2 Å². The lowest BCUT2D eigenvalue weighted by Gasteiger charge is -2.18. The zero-order valence-corrected chi connectivity index (χ0v) is 15.4. The molecule has 0 saturated heterocycles. The summed E-state index contributed by atoms with van der Waals surface area (Å²) in [5.41, 5.74) is 1.51. The second kappa shape index (κ2) is 8.95. The number of carbonyl (C=O) groups is 1. The standard InChI is InChI=1S/C20H22N4O3/c1-3-24(13-18(25)21-16-11-7-8-12-17(16)26-2)14-19-22-23-20(27-19)15-9-5-4-6-10-15/h4-12H,3,13-14H2,1-2H3,(H,21,25). The van der Waals surface area contributed by atoms with Gasteiger partial charge in [0.1, 0.15) is 5.75 Å². The summed E-state index contributed by atoms with van der Waals surface area (Å²) in [5, 5.41) is 11.0. The lowest BCUT2D eigenvalue weighted by molar-refractivity contribution is -0.117. The molecule has 0 aliphatic carbocycles. The number of nitrogens with one attached hydrogen (secondary N) is 1. The maximum absolute atomic E-state index is 12.4. The first-order valence-corrected chi connectivity index (χ1v) is 8.72. The fraction of sp³-hybridized carbons (Fsp3) is 0.250. The van der Waals surface area contributed by atoms with Gasteiger partial charge in [0.25, 0.3) is 0 Å². The van der Waals surface area contributed by atoms with E-state index in [1.54, 1.807) is 19.2 Å². The van der Waals surface area contributed by atoms with Crippen LogP contribution in [0.1, 0.15) is 12.8 Å². The average molecular weight is 366 g/mol. The highest BCUT2D eigenvalue weighted by Gasteiger charge is 2.15. The zero-order valence-electron chi connectivity index (χ0n) is 15.4. The molecule has 0 spiro atoms. The van der Waals surface area contributed by atoms with E-state index in [0.29, 0.717) is 36.3 Å². The number of benzene rings is 2. The summed E-state index contributed by atoms with van der Waals surface area (Å²) in [6, 6.07) is 16.9. The molecule has 0 fully saturated rings. The van der Waals surface area contributed by atoms with E-state index >= 15 is 0 Å². The van der Waals surface area contributed by atoms with Crippen molar-refractivity contribution in [2.24, 2.45) is 0 Å². The molecule has 1 N–H and O–H groups in total. The minimum atomic E-state index is -0.135. The highest BCUT2D eigenvalue weighted by atomic mass is 16.5. The van der Waals surface area contributed by atoms with E-state index in [-0.39, 0.29) is 12.5 Å². The molecule has 0 aliphatic heterocycles. The summed E-state index contributed by atoms with van der Waals surface area (Å²) < 4.78 is 11.0. The Labute approximate surface area is 158 Å². The van der Waals surface area contributed by atoms with Gasteiger partial charge in [0.2, 0.25) is 17.7 Å². The smallest absolute Gasteiger partial charge is 0.247 e. The van der Waals surface area contributed by atoms with E-state index in [0.717, 1.165) is 5.56 Å². The Morgan fingerprint density at radius 3 is 2.59 bits per heavy atom. The summed E-state index contributed by atoms with van der Waals surface area (Å²) in [6.45, 7) is 3.25. The average Bonchev–Trinajstić information content (AvgIpc) is 3.17. The number of hydrogen-bond acceptors (Lipinski definition) is 6. The van der Waals surface area contributed by atoms with Gasteiger partial charge in [-0.25, -0.2) is 0 Å². The number of aromatic nitrogens is 2. The van der Waals surface area contributed by atoms with Gasteiger partial charge >= 0.3 is 0 Å². The van der Waals surface area contributed by atoms with Gasteiger partial charge in [0, 0.05) is 5.56 Å². The Kier molecular flexibility index (Phi) is 6.17. The number of amides is 1. The molecule has 1 heterocycles. The third kappa shape index (κ3) is 4.92. The molecule has 0 saturated carbocycles. The number of anilines is 1. The quantitative estimate of drug-likeness (QED) is 0.659. The first kappa shape index (κ1) is 18.6. The predicted molar refractivity (Wildman–Crippen MR) is 102 cm³/mol. The Bertz CT molecular complexity index is 880. The molecule has 7 nitrogen and oxygen atoms in total. The third-order valence-electron chi connectivity index (χ3n) is 4.04. The molecule has 0 bridgehead atoms. The molecule has 1 aromatic heterocycles. The van der Waals surface area contributed by atoms with Gasteiger partial charge in [-0.2, -0.15) is 0 Å². The van der Waals surface area contributed by atoms with Crippen molar-refractivity contribution in [2.75, 3.05) is 25.5 Å². The van der Waals surface area contributed by atoms with Crippen molar-refractivity contribution in [3.8, 4) is 17.2 Å². The number of para-hydroxylation sites is 2. The number of ether oxygens (including phenoxy) is 1. The van der Waals surface area contributed by atoms with Crippen LogP contribution in [0.2, 0.25) is 0 Å². The molecule has 0 atom stereocenters. The van der Waals surface area contributed by atoms with E-state index in [2.05, 4.69) is 15.5 Å². The van der Waals surface area contributed by atoms with Crippen LogP contribution in [0.4, 0.5) is 5.69 Å². The molecule has 2 aromatic carbocycles. The first-order valence-electron chi connectivity index (χ1n) is 8.72. The van der Waals surface area contributed by atoms with Crippen molar-refractivity contribution >= 4 is 11.6 Å². The maximum Gasteiger partial charge on any atom is 0.247 e. The van der Waals surface area contributed by atoms with Crippen molar-refractivity contribution in [2.45, 2.75) is 13.5 Å². The van der Waals surface area contributed by atoms with E-state index in [1.165, 1.54) is 0 Å². The summed E-state index contributed by atoms with van der Waals surface area (Å²) >= 11 is 0. The Hall–Kier alpha value is -3.19. The number of carbonyl (C=O) groups excluding carboxylic acids is 1. The number of methoxy groups -OCH3 is 1. The van der Waals surface area contributed by atoms with Gasteiger partial charge in [0.05, 0.1) is 25.9 Å². The van der Waals surface area contributed by atoms with Crippen molar-refractivity contribution in [1.82, 2.24) is 15.1 Å². The van der Waals surface area contributed by atoms with Crippen LogP contribution in [0.25, 0.3) is 11.5 Å². The molecule has 0 unspecified atom stereocenters. The summed E-state index contributed by atoms with van der Waals surface area (Å²) in [4.78, 5) is 14.3. The van der Waals surface area contributed by atoms with Crippen LogP contribution in [0, 0.1) is 0 Å². The molecule has 140 valence electrons. The van der Waals surface area contributed by atoms with Gasteiger partial charge < -0.3 is 14.5 Å². The van der Waals surface area contributed by atoms with Gasteiger partial charge in [-0.3, -0.25) is 9.69 Å². The van der Waals surface area contributed by atoms with Crippen molar-refractivity contribution in [3.05, 3.63) is 60.5 Å². The highest BCUT2D eigenvalue weighted by Crippen LogP contribution is 2.23. The highest BCUT2D eigenvalue weighted by molar-refractivity contribution is 5.93. The van der Waals surface area contributed by atoms with Gasteiger partial charge in [0.15, 0.2) is 0 Å². The SMILES string of the molecule is CCN(CC(=O)Nc1ccccc1OC)Cc1nnc(-c2ccccc2)o1. The molecule has 0 radical (unpaired) electrons. The summed E-state index contributed by atoms with van der Waals surface area (Å²) in [5.74, 6) is 1.43. The van der Waals surface area contributed by atoms with Crippen molar-refractivity contribution in [1.29, 1.82) is 0 Å². The molecular formula is C20H22N4O3. The Balaban J connectivity index is 1.61. The molecule has 3 aromatic rings. The molecule has 27 heavy (non-hydrogen) atoms. The van der Waals surface area contributed by atoms with Gasteiger partial charge in [-0.15, -0.1) is 10.2 Å². The fourth-order valence-corrected chi connectivity index (χ4v) is 2.63. The second-order valence-corrected chi connectivity index (χ2v) is 5.92. The molecule has 7 heteroatoms. The molecule has 1 amide bonds. The van der Waals surface area contributed by atoms with Crippen LogP contribution in [0.15, 0.2) is 59.0 Å². The minimum Gasteiger partial charge on any atom is -0.495 e. The van der Waals surface area contributed by atoms with Crippen LogP contribution >= 0.6 is 0 Å². The van der Waals surface area contributed by atoms with E-state index in [4.69, 9.17) is 9.15 Å². The lowest BCUT2D eigenvalue weighted by Crippen LogP contribution is -2.33. The third-order valence-corrected chi connectivity index (χ3v) is 4.04. The number of nitrogens with zero attached hydrogens (tertiary/aromatic N) is 3. The number of hydrogen-bond donors (Lipinski definition) is 1. The minimum absolute atomic E-state index is 0.135. The first-order chi connectivity index (χ1) is 13.2. The maximum atomic E-state index is 12.4. The Morgan fingerprint density at radius 2 is 1.85 bits per heavy atom. The van der Waals surface area contributed by atoms with E-state index in [9.17, 15) is 4.79 Å². The normalized spacial score (nSPS) is 10.8.